The number of hydrogen-bond donors (Lipinski definition) is 0. The fraction of sp³-hybridized carbons (Fsp3) is 0.538. The Morgan fingerprint density at radius 3 is 2.74 bits per heavy atom. The number of benzene rings is 1. The van der Waals surface area contributed by atoms with Crippen molar-refractivity contribution >= 4 is 15.9 Å². The molecule has 0 aliphatic carbocycles. The van der Waals surface area contributed by atoms with Gasteiger partial charge in [-0.3, -0.25) is 4.90 Å². The highest BCUT2D eigenvalue weighted by Crippen LogP contribution is 2.34. The predicted octanol–water partition coefficient (Wildman–Crippen LogP) is 4.36. The summed E-state index contributed by atoms with van der Waals surface area (Å²) in [4.78, 5) is 1.74. The van der Waals surface area contributed by atoms with Gasteiger partial charge in [0.05, 0.1) is 10.4 Å². The first-order valence-corrected chi connectivity index (χ1v) is 6.89. The van der Waals surface area contributed by atoms with Crippen molar-refractivity contribution in [2.24, 2.45) is 5.92 Å². The molecule has 1 nitrogen and oxygen atoms in total. The summed E-state index contributed by atoms with van der Waals surface area (Å²) in [5, 5.41) is 0. The third-order valence-electron chi connectivity index (χ3n) is 3.39. The molecule has 0 amide bonds. The van der Waals surface area contributed by atoms with Crippen molar-refractivity contribution in [3.8, 4) is 0 Å². The van der Waals surface area contributed by atoms with E-state index in [0.29, 0.717) is 29.5 Å². The molecule has 0 saturated carbocycles. The van der Waals surface area contributed by atoms with Gasteiger partial charge in [0, 0.05) is 13.1 Å². The molecule has 0 spiro atoms. The fourth-order valence-corrected chi connectivity index (χ4v) is 2.77. The van der Waals surface area contributed by atoms with Gasteiger partial charge in [0.15, 0.2) is 0 Å². The Morgan fingerprint density at radius 1 is 1.32 bits per heavy atom. The molecule has 1 fully saturated rings. The summed E-state index contributed by atoms with van der Waals surface area (Å²) >= 11 is 3.14. The molecule has 19 heavy (non-hydrogen) atoms. The molecule has 0 N–H and O–H groups in total. The first-order valence-electron chi connectivity index (χ1n) is 6.10. The van der Waals surface area contributed by atoms with Crippen molar-refractivity contribution in [3.63, 3.8) is 0 Å². The molecule has 106 valence electrons. The standard InChI is InChI=1S/C13H14BrF4N/c14-12-9(3-1-5-11(12)15)7-19-6-2-4-10(8-19)13(16,17)18/h1,3,5,10H,2,4,6-8H2. The quantitative estimate of drug-likeness (QED) is 0.723. The molecule has 1 aromatic rings. The lowest BCUT2D eigenvalue weighted by Crippen LogP contribution is -2.41. The molecule has 0 aromatic heterocycles. The molecule has 1 heterocycles. The summed E-state index contributed by atoms with van der Waals surface area (Å²) in [6, 6.07) is 4.62. The molecule has 2 rings (SSSR count). The van der Waals surface area contributed by atoms with Crippen molar-refractivity contribution in [3.05, 3.63) is 34.1 Å². The van der Waals surface area contributed by atoms with E-state index in [1.807, 2.05) is 0 Å². The lowest BCUT2D eigenvalue weighted by atomic mass is 9.97. The highest BCUT2D eigenvalue weighted by Gasteiger charge is 2.41. The van der Waals surface area contributed by atoms with Crippen LogP contribution in [0.25, 0.3) is 0 Å². The van der Waals surface area contributed by atoms with E-state index in [1.165, 1.54) is 6.07 Å². The molecule has 1 saturated heterocycles. The maximum absolute atomic E-state index is 13.4. The first-order chi connectivity index (χ1) is 8.88. The molecule has 1 atom stereocenters. The second-order valence-electron chi connectivity index (χ2n) is 4.83. The van der Waals surface area contributed by atoms with E-state index in [9.17, 15) is 17.6 Å². The van der Waals surface area contributed by atoms with Crippen molar-refractivity contribution in [2.45, 2.75) is 25.6 Å². The van der Waals surface area contributed by atoms with E-state index in [0.717, 1.165) is 0 Å². The molecular weight excluding hydrogens is 326 g/mol. The van der Waals surface area contributed by atoms with Crippen LogP contribution in [0.5, 0.6) is 0 Å². The van der Waals surface area contributed by atoms with E-state index in [2.05, 4.69) is 15.9 Å². The maximum Gasteiger partial charge on any atom is 0.393 e. The Kier molecular flexibility index (Phi) is 4.50. The lowest BCUT2D eigenvalue weighted by molar-refractivity contribution is -0.187. The number of halogens is 5. The van der Waals surface area contributed by atoms with E-state index in [-0.39, 0.29) is 18.8 Å². The zero-order chi connectivity index (χ0) is 14.0. The Bertz CT molecular complexity index is 447. The van der Waals surface area contributed by atoms with Crippen molar-refractivity contribution in [2.75, 3.05) is 13.1 Å². The van der Waals surface area contributed by atoms with Gasteiger partial charge in [0.25, 0.3) is 0 Å². The highest BCUT2D eigenvalue weighted by molar-refractivity contribution is 9.10. The van der Waals surface area contributed by atoms with Crippen LogP contribution in [0.3, 0.4) is 0 Å². The van der Waals surface area contributed by atoms with Crippen molar-refractivity contribution < 1.29 is 17.6 Å². The van der Waals surface area contributed by atoms with Crippen LogP contribution in [0, 0.1) is 11.7 Å². The molecular formula is C13H14BrF4N. The average molecular weight is 340 g/mol. The van der Waals surface area contributed by atoms with Crippen molar-refractivity contribution in [1.29, 1.82) is 0 Å². The van der Waals surface area contributed by atoms with Gasteiger partial charge in [-0.25, -0.2) is 4.39 Å². The van der Waals surface area contributed by atoms with Gasteiger partial charge >= 0.3 is 6.18 Å². The topological polar surface area (TPSA) is 3.24 Å². The molecule has 0 radical (unpaired) electrons. The smallest absolute Gasteiger partial charge is 0.298 e. The van der Waals surface area contributed by atoms with Crippen LogP contribution in [-0.2, 0) is 6.54 Å². The van der Waals surface area contributed by atoms with Gasteiger partial charge in [0.2, 0.25) is 0 Å². The SMILES string of the molecule is Fc1cccc(CN2CCCC(C(F)(F)F)C2)c1Br. The van der Waals surface area contributed by atoms with Crippen LogP contribution < -0.4 is 0 Å². The van der Waals surface area contributed by atoms with Gasteiger partial charge in [0.1, 0.15) is 5.82 Å². The minimum absolute atomic E-state index is 0.00749. The number of rotatable bonds is 2. The number of alkyl halides is 3. The molecule has 6 heteroatoms. The van der Waals surface area contributed by atoms with Crippen LogP contribution in [-0.4, -0.2) is 24.2 Å². The van der Waals surface area contributed by atoms with Crippen LogP contribution in [0.1, 0.15) is 18.4 Å². The van der Waals surface area contributed by atoms with E-state index >= 15 is 0 Å². The van der Waals surface area contributed by atoms with E-state index in [1.54, 1.807) is 17.0 Å². The predicted molar refractivity (Wildman–Crippen MR) is 68.2 cm³/mol. The largest absolute Gasteiger partial charge is 0.393 e. The molecule has 1 aromatic carbocycles. The Balaban J connectivity index is 2.05. The Morgan fingerprint density at radius 2 is 2.05 bits per heavy atom. The summed E-state index contributed by atoms with van der Waals surface area (Å²) in [7, 11) is 0. The lowest BCUT2D eigenvalue weighted by Gasteiger charge is -2.33. The van der Waals surface area contributed by atoms with Gasteiger partial charge in [-0.1, -0.05) is 12.1 Å². The van der Waals surface area contributed by atoms with Crippen LogP contribution in [0.15, 0.2) is 22.7 Å². The van der Waals surface area contributed by atoms with Crippen molar-refractivity contribution in [1.82, 2.24) is 4.90 Å². The Hall–Kier alpha value is -0.620. The zero-order valence-electron chi connectivity index (χ0n) is 10.2. The number of likely N-dealkylation sites (tertiary alicyclic amines) is 1. The molecule has 1 aliphatic rings. The maximum atomic E-state index is 13.4. The monoisotopic (exact) mass is 339 g/mol. The minimum Gasteiger partial charge on any atom is -0.298 e. The van der Waals surface area contributed by atoms with Crippen LogP contribution >= 0.6 is 15.9 Å². The minimum atomic E-state index is -4.14. The zero-order valence-corrected chi connectivity index (χ0v) is 11.8. The Labute approximate surface area is 117 Å². The summed E-state index contributed by atoms with van der Waals surface area (Å²) in [5.74, 6) is -1.66. The highest BCUT2D eigenvalue weighted by atomic mass is 79.9. The summed E-state index contributed by atoms with van der Waals surface area (Å²) in [5.41, 5.74) is 0.683. The van der Waals surface area contributed by atoms with Gasteiger partial charge < -0.3 is 0 Å². The number of nitrogens with zero attached hydrogens (tertiary/aromatic N) is 1. The summed E-state index contributed by atoms with van der Waals surface area (Å²) in [6.07, 6.45) is -3.43. The normalized spacial score (nSPS) is 21.6. The van der Waals surface area contributed by atoms with Crippen LogP contribution in [0.4, 0.5) is 17.6 Å². The number of piperidine rings is 1. The second-order valence-corrected chi connectivity index (χ2v) is 5.62. The third kappa shape index (κ3) is 3.69. The fourth-order valence-electron chi connectivity index (χ4n) is 2.38. The molecule has 1 aliphatic heterocycles. The first kappa shape index (κ1) is 14.8. The third-order valence-corrected chi connectivity index (χ3v) is 4.28. The second kappa shape index (κ2) is 5.79. The van der Waals surface area contributed by atoms with Crippen LogP contribution in [0.2, 0.25) is 0 Å². The van der Waals surface area contributed by atoms with Gasteiger partial charge in [-0.2, -0.15) is 13.2 Å². The van der Waals surface area contributed by atoms with E-state index < -0.39 is 12.1 Å². The summed E-state index contributed by atoms with van der Waals surface area (Å²) in [6.45, 7) is 0.951. The molecule has 0 bridgehead atoms. The average Bonchev–Trinajstić information content (AvgIpc) is 2.34. The summed E-state index contributed by atoms with van der Waals surface area (Å²) < 4.78 is 51.8. The number of hydrogen-bond acceptors (Lipinski definition) is 1. The molecule has 1 unspecified atom stereocenters. The van der Waals surface area contributed by atoms with E-state index in [4.69, 9.17) is 0 Å². The van der Waals surface area contributed by atoms with Gasteiger partial charge in [-0.15, -0.1) is 0 Å². The van der Waals surface area contributed by atoms with Gasteiger partial charge in [-0.05, 0) is 46.9 Å².